The Bertz CT molecular complexity index is 453. The molecule has 0 saturated carbocycles. The molecule has 106 valence electrons. The molecule has 1 unspecified atom stereocenters. The molecule has 0 spiro atoms. The van der Waals surface area contributed by atoms with Crippen LogP contribution < -0.4 is 5.32 Å². The SMILES string of the molecule is CCCCC(CC)Nc1c(F)cc(F)cc1[N+](=O)[O-]. The third kappa shape index (κ3) is 4.15. The van der Waals surface area contributed by atoms with Crippen molar-refractivity contribution in [1.29, 1.82) is 0 Å². The Labute approximate surface area is 111 Å². The molecule has 4 nitrogen and oxygen atoms in total. The minimum atomic E-state index is -0.948. The number of nitrogens with one attached hydrogen (secondary N) is 1. The van der Waals surface area contributed by atoms with E-state index in [4.69, 9.17) is 0 Å². The number of nitro groups is 1. The zero-order chi connectivity index (χ0) is 14.4. The molecule has 1 aromatic rings. The largest absolute Gasteiger partial charge is 0.374 e. The topological polar surface area (TPSA) is 55.2 Å². The standard InChI is InChI=1S/C13H18F2N2O2/c1-3-5-6-10(4-2)16-13-11(15)7-9(14)8-12(13)17(18)19/h7-8,10,16H,3-6H2,1-2H3. The van der Waals surface area contributed by atoms with Crippen LogP contribution in [0.5, 0.6) is 0 Å². The summed E-state index contributed by atoms with van der Waals surface area (Å²) in [4.78, 5) is 10.1. The predicted molar refractivity (Wildman–Crippen MR) is 70.2 cm³/mol. The van der Waals surface area contributed by atoms with Crippen LogP contribution in [0.15, 0.2) is 12.1 Å². The Morgan fingerprint density at radius 2 is 2.05 bits per heavy atom. The van der Waals surface area contributed by atoms with E-state index in [0.717, 1.165) is 25.3 Å². The summed E-state index contributed by atoms with van der Waals surface area (Å²) in [6, 6.07) is 1.33. The van der Waals surface area contributed by atoms with Crippen LogP contribution in [0.2, 0.25) is 0 Å². The van der Waals surface area contributed by atoms with Crippen molar-refractivity contribution in [1.82, 2.24) is 0 Å². The van der Waals surface area contributed by atoms with Crippen molar-refractivity contribution >= 4 is 11.4 Å². The van der Waals surface area contributed by atoms with E-state index in [1.165, 1.54) is 0 Å². The highest BCUT2D eigenvalue weighted by molar-refractivity contribution is 5.62. The van der Waals surface area contributed by atoms with Gasteiger partial charge in [0.2, 0.25) is 0 Å². The normalized spacial score (nSPS) is 12.2. The molecule has 19 heavy (non-hydrogen) atoms. The minimum Gasteiger partial charge on any atom is -0.374 e. The highest BCUT2D eigenvalue weighted by atomic mass is 19.1. The minimum absolute atomic E-state index is 0.0568. The van der Waals surface area contributed by atoms with Gasteiger partial charge >= 0.3 is 0 Å². The maximum Gasteiger partial charge on any atom is 0.298 e. The first kappa shape index (κ1) is 15.3. The first-order valence-corrected chi connectivity index (χ1v) is 6.39. The molecule has 0 aliphatic carbocycles. The van der Waals surface area contributed by atoms with Crippen LogP contribution in [0, 0.1) is 21.7 Å². The van der Waals surface area contributed by atoms with Crippen molar-refractivity contribution in [3.8, 4) is 0 Å². The smallest absolute Gasteiger partial charge is 0.298 e. The number of nitrogens with zero attached hydrogens (tertiary/aromatic N) is 1. The van der Waals surface area contributed by atoms with Crippen LogP contribution in [0.4, 0.5) is 20.2 Å². The van der Waals surface area contributed by atoms with Gasteiger partial charge in [-0.3, -0.25) is 10.1 Å². The Kier molecular flexibility index (Phi) is 5.66. The van der Waals surface area contributed by atoms with E-state index in [0.29, 0.717) is 12.5 Å². The highest BCUT2D eigenvalue weighted by Crippen LogP contribution is 2.30. The van der Waals surface area contributed by atoms with Crippen LogP contribution in [0.1, 0.15) is 39.5 Å². The number of benzene rings is 1. The van der Waals surface area contributed by atoms with Gasteiger partial charge in [-0.1, -0.05) is 26.7 Å². The van der Waals surface area contributed by atoms with E-state index in [-0.39, 0.29) is 11.7 Å². The number of nitro benzene ring substituents is 1. The van der Waals surface area contributed by atoms with Crippen molar-refractivity contribution in [3.05, 3.63) is 33.9 Å². The van der Waals surface area contributed by atoms with Gasteiger partial charge in [0.05, 0.1) is 11.0 Å². The van der Waals surface area contributed by atoms with E-state index < -0.39 is 22.2 Å². The molecule has 0 aromatic heterocycles. The average Bonchev–Trinajstić information content (AvgIpc) is 2.35. The monoisotopic (exact) mass is 272 g/mol. The van der Waals surface area contributed by atoms with E-state index in [9.17, 15) is 18.9 Å². The highest BCUT2D eigenvalue weighted by Gasteiger charge is 2.22. The third-order valence-corrected chi connectivity index (χ3v) is 2.98. The van der Waals surface area contributed by atoms with Gasteiger partial charge < -0.3 is 5.32 Å². The molecule has 0 radical (unpaired) electrons. The molecule has 0 aliphatic rings. The second-order valence-electron chi connectivity index (χ2n) is 4.43. The zero-order valence-electron chi connectivity index (χ0n) is 11.1. The molecule has 1 aromatic carbocycles. The van der Waals surface area contributed by atoms with Crippen LogP contribution in [0.3, 0.4) is 0 Å². The summed E-state index contributed by atoms with van der Waals surface area (Å²) in [5, 5.41) is 13.7. The second-order valence-corrected chi connectivity index (χ2v) is 4.43. The Balaban J connectivity index is 3.01. The van der Waals surface area contributed by atoms with Crippen LogP contribution in [-0.2, 0) is 0 Å². The van der Waals surface area contributed by atoms with Gasteiger partial charge in [0.1, 0.15) is 11.5 Å². The van der Waals surface area contributed by atoms with E-state index in [1.54, 1.807) is 0 Å². The molecule has 1 rings (SSSR count). The first-order valence-electron chi connectivity index (χ1n) is 6.39. The zero-order valence-corrected chi connectivity index (χ0v) is 11.1. The molecule has 1 atom stereocenters. The summed E-state index contributed by atoms with van der Waals surface area (Å²) in [5.41, 5.74) is -0.790. The lowest BCUT2D eigenvalue weighted by Crippen LogP contribution is -2.20. The number of anilines is 1. The van der Waals surface area contributed by atoms with Gasteiger partial charge in [-0.2, -0.15) is 0 Å². The van der Waals surface area contributed by atoms with Crippen molar-refractivity contribution in [3.63, 3.8) is 0 Å². The molecule has 0 saturated heterocycles. The van der Waals surface area contributed by atoms with Crippen LogP contribution in [-0.4, -0.2) is 11.0 Å². The lowest BCUT2D eigenvalue weighted by molar-refractivity contribution is -0.384. The summed E-state index contributed by atoms with van der Waals surface area (Å²) in [6.07, 6.45) is 3.45. The second kappa shape index (κ2) is 7.01. The average molecular weight is 272 g/mol. The molecule has 6 heteroatoms. The molecule has 0 fully saturated rings. The summed E-state index contributed by atoms with van der Waals surface area (Å²) in [5.74, 6) is -1.88. The van der Waals surface area contributed by atoms with Gasteiger partial charge in [0.15, 0.2) is 5.82 Å². The Morgan fingerprint density at radius 1 is 1.37 bits per heavy atom. The number of halogens is 2. The van der Waals surface area contributed by atoms with E-state index in [1.807, 2.05) is 13.8 Å². The fourth-order valence-electron chi connectivity index (χ4n) is 1.88. The van der Waals surface area contributed by atoms with Gasteiger partial charge in [0.25, 0.3) is 5.69 Å². The van der Waals surface area contributed by atoms with Crippen LogP contribution >= 0.6 is 0 Å². The van der Waals surface area contributed by atoms with Gasteiger partial charge in [-0.05, 0) is 12.8 Å². The maximum absolute atomic E-state index is 13.7. The van der Waals surface area contributed by atoms with E-state index >= 15 is 0 Å². The number of rotatable bonds is 7. The quantitative estimate of drug-likeness (QED) is 0.596. The van der Waals surface area contributed by atoms with Crippen molar-refractivity contribution < 1.29 is 13.7 Å². The van der Waals surface area contributed by atoms with Crippen molar-refractivity contribution in [2.45, 2.75) is 45.6 Å². The molecular weight excluding hydrogens is 254 g/mol. The third-order valence-electron chi connectivity index (χ3n) is 2.98. The van der Waals surface area contributed by atoms with E-state index in [2.05, 4.69) is 5.32 Å². The molecule has 0 amide bonds. The predicted octanol–water partition coefficient (Wildman–Crippen LogP) is 4.25. The summed E-state index contributed by atoms with van der Waals surface area (Å²) < 4.78 is 26.7. The van der Waals surface area contributed by atoms with Gasteiger partial charge in [-0.15, -0.1) is 0 Å². The molecule has 1 N–H and O–H groups in total. The van der Waals surface area contributed by atoms with Crippen molar-refractivity contribution in [2.75, 3.05) is 5.32 Å². The Morgan fingerprint density at radius 3 is 2.58 bits per heavy atom. The summed E-state index contributed by atoms with van der Waals surface area (Å²) in [7, 11) is 0. The Hall–Kier alpha value is -1.72. The lowest BCUT2D eigenvalue weighted by Gasteiger charge is -2.18. The number of unbranched alkanes of at least 4 members (excludes halogenated alkanes) is 1. The first-order chi connectivity index (χ1) is 8.99. The van der Waals surface area contributed by atoms with Crippen LogP contribution in [0.25, 0.3) is 0 Å². The molecule has 0 bridgehead atoms. The van der Waals surface area contributed by atoms with Gasteiger partial charge in [-0.25, -0.2) is 8.78 Å². The summed E-state index contributed by atoms with van der Waals surface area (Å²) in [6.45, 7) is 3.95. The van der Waals surface area contributed by atoms with Crippen molar-refractivity contribution in [2.24, 2.45) is 0 Å². The fourth-order valence-corrected chi connectivity index (χ4v) is 1.88. The fraction of sp³-hybridized carbons (Fsp3) is 0.538. The molecular formula is C13H18F2N2O2. The number of hydrogen-bond donors (Lipinski definition) is 1. The lowest BCUT2D eigenvalue weighted by atomic mass is 10.1. The molecule has 0 aliphatic heterocycles. The molecule has 0 heterocycles. The van der Waals surface area contributed by atoms with Gasteiger partial charge in [0, 0.05) is 12.1 Å². The summed E-state index contributed by atoms with van der Waals surface area (Å²) >= 11 is 0. The maximum atomic E-state index is 13.7. The number of hydrogen-bond acceptors (Lipinski definition) is 3.